The van der Waals surface area contributed by atoms with Gasteiger partial charge in [-0.1, -0.05) is 35.5 Å². The lowest BCUT2D eigenvalue weighted by Crippen LogP contribution is -2.31. The average molecular weight is 621 g/mol. The molecule has 2 aliphatic heterocycles. The van der Waals surface area contributed by atoms with Crippen molar-refractivity contribution in [2.45, 2.75) is 31.7 Å². The number of carbonyl (C=O) groups excluding carboxylic acids is 1. The van der Waals surface area contributed by atoms with Gasteiger partial charge in [0.05, 0.1) is 29.4 Å². The van der Waals surface area contributed by atoms with Crippen LogP contribution in [0.5, 0.6) is 0 Å². The average Bonchev–Trinajstić information content (AvgIpc) is 3.68. The Morgan fingerprint density at radius 1 is 1.07 bits per heavy atom. The summed E-state index contributed by atoms with van der Waals surface area (Å²) in [5, 5.41) is 17.8. The van der Waals surface area contributed by atoms with E-state index in [1.807, 2.05) is 24.3 Å². The van der Waals surface area contributed by atoms with Gasteiger partial charge in [-0.25, -0.2) is 9.07 Å². The number of halogens is 4. The summed E-state index contributed by atoms with van der Waals surface area (Å²) in [6, 6.07) is 16.8. The summed E-state index contributed by atoms with van der Waals surface area (Å²) < 4.78 is 64.4. The molecule has 0 unspecified atom stereocenters. The fourth-order valence-corrected chi connectivity index (χ4v) is 6.31. The van der Waals surface area contributed by atoms with E-state index in [0.717, 1.165) is 22.4 Å². The molecule has 1 saturated heterocycles. The zero-order valence-electron chi connectivity index (χ0n) is 23.9. The molecular weight excluding hydrogens is 592 g/mol. The van der Waals surface area contributed by atoms with Crippen molar-refractivity contribution in [2.75, 3.05) is 36.8 Å². The van der Waals surface area contributed by atoms with Crippen molar-refractivity contribution in [3.8, 4) is 16.8 Å². The van der Waals surface area contributed by atoms with Gasteiger partial charge in [-0.05, 0) is 59.9 Å². The van der Waals surface area contributed by atoms with Crippen LogP contribution in [0.2, 0.25) is 0 Å². The van der Waals surface area contributed by atoms with Crippen molar-refractivity contribution in [2.24, 2.45) is 0 Å². The third-order valence-corrected chi connectivity index (χ3v) is 8.47. The van der Waals surface area contributed by atoms with Gasteiger partial charge in [-0.15, -0.1) is 0 Å². The van der Waals surface area contributed by atoms with Crippen LogP contribution in [0.3, 0.4) is 0 Å². The number of β-amino-alcohol motifs (C(OH)–C–C–N with tert-alkyl or cyclic N) is 1. The highest BCUT2D eigenvalue weighted by molar-refractivity contribution is 6.01. The normalized spacial score (nSPS) is 17.7. The maximum Gasteiger partial charge on any atom is 0.435 e. The number of ketones is 1. The van der Waals surface area contributed by atoms with Crippen molar-refractivity contribution in [3.63, 3.8) is 0 Å². The topological polar surface area (TPSA) is 114 Å². The minimum Gasteiger partial charge on any atom is -0.392 e. The van der Waals surface area contributed by atoms with Crippen LogP contribution in [-0.2, 0) is 19.1 Å². The van der Waals surface area contributed by atoms with Crippen molar-refractivity contribution in [1.82, 2.24) is 19.8 Å². The number of hydrogen-bond donors (Lipinski definition) is 2. The van der Waals surface area contributed by atoms with Gasteiger partial charge in [-0.2, -0.15) is 18.3 Å². The molecule has 1 fully saturated rings. The quantitative estimate of drug-likeness (QED) is 0.257. The number of alkyl halides is 3. The summed E-state index contributed by atoms with van der Waals surface area (Å²) in [5.74, 6) is -1.18. The van der Waals surface area contributed by atoms with Gasteiger partial charge >= 0.3 is 6.18 Å². The molecule has 0 amide bonds. The fraction of sp³-hybridized carbons (Fsp3) is 0.281. The number of likely N-dealkylation sites (tertiary alicyclic amines) is 1. The Labute approximate surface area is 254 Å². The van der Waals surface area contributed by atoms with E-state index in [1.54, 1.807) is 12.1 Å². The van der Waals surface area contributed by atoms with Crippen LogP contribution in [-0.4, -0.2) is 63.0 Å². The van der Waals surface area contributed by atoms with Gasteiger partial charge in [0.1, 0.15) is 11.5 Å². The minimum absolute atomic E-state index is 0.0325. The molecule has 0 spiro atoms. The van der Waals surface area contributed by atoms with Gasteiger partial charge in [0.15, 0.2) is 17.1 Å². The Bertz CT molecular complexity index is 1930. The predicted octanol–water partition coefficient (Wildman–Crippen LogP) is 5.23. The number of anilines is 2. The smallest absolute Gasteiger partial charge is 0.392 e. The Morgan fingerprint density at radius 3 is 2.64 bits per heavy atom. The third kappa shape index (κ3) is 5.31. The molecule has 4 heterocycles. The van der Waals surface area contributed by atoms with Gasteiger partial charge in [0.2, 0.25) is 5.78 Å². The summed E-state index contributed by atoms with van der Waals surface area (Å²) in [5.41, 5.74) is 7.31. The molecule has 9 nitrogen and oxygen atoms in total. The van der Waals surface area contributed by atoms with Crippen molar-refractivity contribution < 1.29 is 32.0 Å². The standard InChI is InChI=1S/C32H28F4N6O3/c33-25-13-18(22-4-2-1-3-19(22)15-40-11-9-21(43)16-40)5-7-26(25)41-12-10-23-29(27(44)17-41)42(38-30(23)32(34,35)36)20-6-8-28-24(14-20)31(37)39-45-28/h1-8,13-14,21,43H,9-12,15-17H2,(H2,37,39)/t21-/m1/s1. The first-order valence-electron chi connectivity index (χ1n) is 14.5. The van der Waals surface area contributed by atoms with E-state index >= 15 is 4.39 Å². The van der Waals surface area contributed by atoms with Crippen LogP contribution in [0.15, 0.2) is 65.2 Å². The van der Waals surface area contributed by atoms with E-state index in [0.29, 0.717) is 36.0 Å². The maximum absolute atomic E-state index is 15.8. The number of aliphatic hydroxyl groups is 1. The highest BCUT2D eigenvalue weighted by atomic mass is 19.4. The monoisotopic (exact) mass is 620 g/mol. The zero-order chi connectivity index (χ0) is 31.5. The number of nitrogen functional groups attached to an aromatic ring is 1. The molecule has 5 aromatic rings. The van der Waals surface area contributed by atoms with E-state index in [4.69, 9.17) is 10.3 Å². The molecule has 2 aromatic heterocycles. The van der Waals surface area contributed by atoms with Crippen molar-refractivity contribution >= 4 is 28.3 Å². The number of fused-ring (bicyclic) bond motifs is 2. The number of hydrogen-bond acceptors (Lipinski definition) is 8. The van der Waals surface area contributed by atoms with E-state index in [2.05, 4.69) is 15.2 Å². The maximum atomic E-state index is 15.8. The van der Waals surface area contributed by atoms with Gasteiger partial charge in [0, 0.05) is 31.7 Å². The SMILES string of the molecule is Nc1noc2ccc(-n3nc(C(F)(F)F)c4c3C(=O)CN(c3ccc(-c5ccccc5CN5CC[C@@H](O)C5)cc3F)CC4)cc12. The Morgan fingerprint density at radius 2 is 1.89 bits per heavy atom. The molecule has 0 aliphatic carbocycles. The Kier molecular flexibility index (Phi) is 7.09. The Hall–Kier alpha value is -4.75. The number of rotatable bonds is 5. The number of carbonyl (C=O) groups is 1. The fourth-order valence-electron chi connectivity index (χ4n) is 6.31. The highest BCUT2D eigenvalue weighted by Crippen LogP contribution is 2.37. The molecule has 7 rings (SSSR count). The first kappa shape index (κ1) is 29.0. The van der Waals surface area contributed by atoms with Crippen LogP contribution in [0, 0.1) is 5.82 Å². The molecule has 45 heavy (non-hydrogen) atoms. The van der Waals surface area contributed by atoms with Gasteiger partial charge in [-0.3, -0.25) is 9.69 Å². The summed E-state index contributed by atoms with van der Waals surface area (Å²) >= 11 is 0. The summed E-state index contributed by atoms with van der Waals surface area (Å²) in [4.78, 5) is 17.3. The van der Waals surface area contributed by atoms with Crippen LogP contribution >= 0.6 is 0 Å². The van der Waals surface area contributed by atoms with Gasteiger partial charge < -0.3 is 20.3 Å². The number of nitrogens with zero attached hydrogens (tertiary/aromatic N) is 5. The van der Waals surface area contributed by atoms with Crippen molar-refractivity contribution in [1.29, 1.82) is 0 Å². The lowest BCUT2D eigenvalue weighted by molar-refractivity contribution is -0.141. The first-order valence-corrected chi connectivity index (χ1v) is 14.5. The van der Waals surface area contributed by atoms with E-state index in [1.165, 1.54) is 29.2 Å². The summed E-state index contributed by atoms with van der Waals surface area (Å²) in [6.45, 7) is 1.56. The number of benzene rings is 3. The number of aromatic nitrogens is 3. The number of aliphatic hydroxyl groups excluding tert-OH is 1. The second-order valence-electron chi connectivity index (χ2n) is 11.4. The lowest BCUT2D eigenvalue weighted by Gasteiger charge is -2.23. The van der Waals surface area contributed by atoms with Crippen molar-refractivity contribution in [3.05, 3.63) is 89.0 Å². The molecule has 1 atom stereocenters. The molecule has 0 saturated carbocycles. The first-order chi connectivity index (χ1) is 21.6. The van der Waals surface area contributed by atoms with Crippen LogP contribution in [0.25, 0.3) is 27.8 Å². The molecule has 3 N–H and O–H groups in total. The van der Waals surface area contributed by atoms with E-state index < -0.39 is 23.5 Å². The molecular formula is C32H28F4N6O3. The minimum atomic E-state index is -4.82. The van der Waals surface area contributed by atoms with Crippen LogP contribution in [0.1, 0.15) is 33.7 Å². The summed E-state index contributed by atoms with van der Waals surface area (Å²) in [6.07, 6.45) is -4.65. The predicted molar refractivity (Wildman–Crippen MR) is 159 cm³/mol. The molecule has 232 valence electrons. The molecule has 3 aromatic carbocycles. The molecule has 13 heteroatoms. The van der Waals surface area contributed by atoms with E-state index in [9.17, 15) is 23.1 Å². The van der Waals surface area contributed by atoms with Crippen LogP contribution in [0.4, 0.5) is 29.1 Å². The molecule has 0 radical (unpaired) electrons. The highest BCUT2D eigenvalue weighted by Gasteiger charge is 2.42. The third-order valence-electron chi connectivity index (χ3n) is 8.47. The lowest BCUT2D eigenvalue weighted by atomic mass is 9.98. The molecule has 2 aliphatic rings. The molecule has 0 bridgehead atoms. The van der Waals surface area contributed by atoms with Crippen LogP contribution < -0.4 is 10.6 Å². The largest absolute Gasteiger partial charge is 0.435 e. The number of nitrogens with two attached hydrogens (primary N) is 1. The van der Waals surface area contributed by atoms with E-state index in [-0.39, 0.29) is 54.1 Å². The van der Waals surface area contributed by atoms with Gasteiger partial charge in [0.25, 0.3) is 0 Å². The second-order valence-corrected chi connectivity index (χ2v) is 11.4. The number of Topliss-reactive ketones (excluding diaryl/α,β-unsaturated/α-hetero) is 1. The Balaban J connectivity index is 1.20. The zero-order valence-corrected chi connectivity index (χ0v) is 23.9. The summed E-state index contributed by atoms with van der Waals surface area (Å²) in [7, 11) is 0. The second kappa shape index (κ2) is 11.0.